The first kappa shape index (κ1) is 25.4. The Balaban J connectivity index is 2.74. The van der Waals surface area contributed by atoms with Gasteiger partial charge < -0.3 is 37.0 Å². The van der Waals surface area contributed by atoms with Gasteiger partial charge in [0.2, 0.25) is 17.7 Å². The van der Waals surface area contributed by atoms with Gasteiger partial charge in [0, 0.05) is 12.8 Å². The Labute approximate surface area is 177 Å². The van der Waals surface area contributed by atoms with Crippen molar-refractivity contribution in [1.82, 2.24) is 16.0 Å². The number of carboxylic acid groups (broad SMARTS) is 2. The van der Waals surface area contributed by atoms with E-state index in [9.17, 15) is 29.1 Å². The van der Waals surface area contributed by atoms with Gasteiger partial charge in [0.25, 0.3) is 0 Å². The normalized spacial score (nSPS) is 13.4. The molecular weight excluding hydrogens is 412 g/mol. The van der Waals surface area contributed by atoms with Crippen LogP contribution in [-0.2, 0) is 30.4 Å². The van der Waals surface area contributed by atoms with Crippen LogP contribution in [0, 0.1) is 0 Å². The number of benzene rings is 1. The van der Waals surface area contributed by atoms with Crippen LogP contribution in [0.25, 0.3) is 0 Å². The maximum Gasteiger partial charge on any atom is 0.325 e. The molecule has 0 saturated carbocycles. The summed E-state index contributed by atoms with van der Waals surface area (Å²) < 4.78 is 0. The number of carbonyl (C=O) groups excluding carboxylic acids is 3. The van der Waals surface area contributed by atoms with Gasteiger partial charge in [-0.15, -0.1) is 0 Å². The van der Waals surface area contributed by atoms with Crippen molar-refractivity contribution in [2.45, 2.75) is 44.3 Å². The highest BCUT2D eigenvalue weighted by molar-refractivity contribution is 5.92. The second kappa shape index (κ2) is 12.1. The minimum Gasteiger partial charge on any atom is -0.508 e. The van der Waals surface area contributed by atoms with Crippen LogP contribution in [0.2, 0.25) is 0 Å². The summed E-state index contributed by atoms with van der Waals surface area (Å²) in [4.78, 5) is 58.0. The summed E-state index contributed by atoms with van der Waals surface area (Å²) in [6.45, 7) is 0.742. The number of nitrogens with one attached hydrogen (secondary N) is 3. The van der Waals surface area contributed by atoms with Crippen molar-refractivity contribution in [3.63, 3.8) is 0 Å². The van der Waals surface area contributed by atoms with E-state index in [1.54, 1.807) is 0 Å². The molecule has 170 valence electrons. The molecule has 1 aromatic carbocycles. The third kappa shape index (κ3) is 9.58. The van der Waals surface area contributed by atoms with Gasteiger partial charge in [-0.3, -0.25) is 24.0 Å². The quantitative estimate of drug-likeness (QED) is 0.198. The van der Waals surface area contributed by atoms with E-state index in [1.807, 2.05) is 0 Å². The standard InChI is InChI=1S/C19H26N4O8/c1-10(19(30)31)22-18(29)14(8-11-2-4-12(24)5-3-11)23-15(25)9-21-17(28)13(20)6-7-16(26)27/h2-5,10,13-14,24H,6-9,20H2,1H3,(H,21,28)(H,22,29)(H,23,25)(H,26,27)(H,30,31). The average molecular weight is 438 g/mol. The lowest BCUT2D eigenvalue weighted by Gasteiger charge is -2.20. The molecule has 0 fully saturated rings. The number of nitrogens with two attached hydrogens (primary N) is 1. The molecule has 0 radical (unpaired) electrons. The first-order chi connectivity index (χ1) is 14.5. The summed E-state index contributed by atoms with van der Waals surface area (Å²) in [7, 11) is 0. The minimum absolute atomic E-state index is 0.00371. The van der Waals surface area contributed by atoms with Gasteiger partial charge in [-0.25, -0.2) is 0 Å². The molecule has 0 heterocycles. The summed E-state index contributed by atoms with van der Waals surface area (Å²) in [5.41, 5.74) is 6.14. The molecule has 0 aliphatic carbocycles. The van der Waals surface area contributed by atoms with Crippen LogP contribution in [0.4, 0.5) is 0 Å². The monoisotopic (exact) mass is 438 g/mol. The lowest BCUT2D eigenvalue weighted by Crippen LogP contribution is -2.54. The number of aliphatic carboxylic acids is 2. The van der Waals surface area contributed by atoms with Crippen molar-refractivity contribution in [2.75, 3.05) is 6.54 Å². The first-order valence-corrected chi connectivity index (χ1v) is 9.35. The van der Waals surface area contributed by atoms with E-state index in [0.717, 1.165) is 0 Å². The number of hydrogen-bond acceptors (Lipinski definition) is 7. The topological polar surface area (TPSA) is 208 Å². The fraction of sp³-hybridized carbons (Fsp3) is 0.421. The number of amides is 3. The van der Waals surface area contributed by atoms with Crippen LogP contribution < -0.4 is 21.7 Å². The fourth-order valence-electron chi connectivity index (χ4n) is 2.41. The van der Waals surface area contributed by atoms with Gasteiger partial charge in [0.05, 0.1) is 12.6 Å². The van der Waals surface area contributed by atoms with E-state index in [1.165, 1.54) is 31.2 Å². The predicted octanol–water partition coefficient (Wildman–Crippen LogP) is -1.68. The molecule has 8 N–H and O–H groups in total. The van der Waals surface area contributed by atoms with Gasteiger partial charge in [0.1, 0.15) is 17.8 Å². The zero-order valence-corrected chi connectivity index (χ0v) is 16.8. The molecule has 0 spiro atoms. The zero-order valence-electron chi connectivity index (χ0n) is 16.8. The number of rotatable bonds is 12. The second-order valence-electron chi connectivity index (χ2n) is 6.82. The molecule has 31 heavy (non-hydrogen) atoms. The third-order valence-electron chi connectivity index (χ3n) is 4.19. The predicted molar refractivity (Wildman–Crippen MR) is 107 cm³/mol. The van der Waals surface area contributed by atoms with E-state index in [0.29, 0.717) is 5.56 Å². The Morgan fingerprint density at radius 3 is 2.16 bits per heavy atom. The maximum atomic E-state index is 12.5. The average Bonchev–Trinajstić information content (AvgIpc) is 2.70. The van der Waals surface area contributed by atoms with Gasteiger partial charge in [-0.1, -0.05) is 12.1 Å². The summed E-state index contributed by atoms with van der Waals surface area (Å²) in [6.07, 6.45) is -0.421. The number of carboxylic acids is 2. The number of phenolic OH excluding ortho intramolecular Hbond substituents is 1. The number of carbonyl (C=O) groups is 5. The second-order valence-corrected chi connectivity index (χ2v) is 6.82. The molecule has 3 amide bonds. The highest BCUT2D eigenvalue weighted by Gasteiger charge is 2.25. The Morgan fingerprint density at radius 1 is 1.00 bits per heavy atom. The Morgan fingerprint density at radius 2 is 1.61 bits per heavy atom. The number of aromatic hydroxyl groups is 1. The minimum atomic E-state index is -1.26. The Kier molecular flexibility index (Phi) is 9.92. The molecule has 0 aromatic heterocycles. The van der Waals surface area contributed by atoms with E-state index in [2.05, 4.69) is 16.0 Å². The van der Waals surface area contributed by atoms with E-state index < -0.39 is 54.3 Å². The van der Waals surface area contributed by atoms with Gasteiger partial charge in [0.15, 0.2) is 0 Å². The van der Waals surface area contributed by atoms with E-state index in [-0.39, 0.29) is 25.0 Å². The summed E-state index contributed by atoms with van der Waals surface area (Å²) in [6, 6.07) is 2.39. The highest BCUT2D eigenvalue weighted by atomic mass is 16.4. The molecule has 0 saturated heterocycles. The molecule has 3 atom stereocenters. The van der Waals surface area contributed by atoms with Crippen LogP contribution in [-0.4, -0.2) is 69.7 Å². The summed E-state index contributed by atoms with van der Waals surface area (Å²) in [5.74, 6) is -4.57. The van der Waals surface area contributed by atoms with Crippen LogP contribution in [0.5, 0.6) is 5.75 Å². The Bertz CT molecular complexity index is 812. The molecule has 12 nitrogen and oxygen atoms in total. The number of phenols is 1. The summed E-state index contributed by atoms with van der Waals surface area (Å²) >= 11 is 0. The van der Waals surface area contributed by atoms with Gasteiger partial charge in [-0.2, -0.15) is 0 Å². The van der Waals surface area contributed by atoms with Crippen molar-refractivity contribution in [1.29, 1.82) is 0 Å². The van der Waals surface area contributed by atoms with Crippen LogP contribution in [0.1, 0.15) is 25.3 Å². The van der Waals surface area contributed by atoms with Crippen LogP contribution >= 0.6 is 0 Å². The molecule has 0 aliphatic rings. The first-order valence-electron chi connectivity index (χ1n) is 9.35. The van der Waals surface area contributed by atoms with E-state index >= 15 is 0 Å². The Hall–Kier alpha value is -3.67. The molecular formula is C19H26N4O8. The molecule has 12 heteroatoms. The third-order valence-corrected chi connectivity index (χ3v) is 4.19. The van der Waals surface area contributed by atoms with Crippen LogP contribution in [0.15, 0.2) is 24.3 Å². The largest absolute Gasteiger partial charge is 0.508 e. The smallest absolute Gasteiger partial charge is 0.325 e. The fourth-order valence-corrected chi connectivity index (χ4v) is 2.41. The molecule has 0 bridgehead atoms. The molecule has 1 aromatic rings. The highest BCUT2D eigenvalue weighted by Crippen LogP contribution is 2.11. The lowest BCUT2D eigenvalue weighted by atomic mass is 10.0. The SMILES string of the molecule is CC(NC(=O)C(Cc1ccc(O)cc1)NC(=O)CNC(=O)C(N)CCC(=O)O)C(=O)O. The van der Waals surface area contributed by atoms with Crippen LogP contribution in [0.3, 0.4) is 0 Å². The summed E-state index contributed by atoms with van der Waals surface area (Å²) in [5, 5.41) is 33.9. The van der Waals surface area contributed by atoms with Crippen molar-refractivity contribution < 1.29 is 39.3 Å². The van der Waals surface area contributed by atoms with Gasteiger partial charge in [-0.05, 0) is 31.0 Å². The molecule has 0 aliphatic heterocycles. The molecule has 1 rings (SSSR count). The maximum absolute atomic E-state index is 12.5. The zero-order chi connectivity index (χ0) is 23.6. The van der Waals surface area contributed by atoms with E-state index in [4.69, 9.17) is 15.9 Å². The molecule has 3 unspecified atom stereocenters. The van der Waals surface area contributed by atoms with Crippen molar-refractivity contribution >= 4 is 29.7 Å². The lowest BCUT2D eigenvalue weighted by molar-refractivity contribution is -0.141. The van der Waals surface area contributed by atoms with Gasteiger partial charge >= 0.3 is 11.9 Å². The van der Waals surface area contributed by atoms with Crippen molar-refractivity contribution in [3.8, 4) is 5.75 Å². The number of hydrogen-bond donors (Lipinski definition) is 7. The van der Waals surface area contributed by atoms with Crippen molar-refractivity contribution in [3.05, 3.63) is 29.8 Å². The van der Waals surface area contributed by atoms with Crippen molar-refractivity contribution in [2.24, 2.45) is 5.73 Å².